The standard InChI is InChI=1S/C19H18FNO5/c1-12(18(23)13-5-9-16(25-2)10-6-13)26-17(22)11-21-19(24)14-3-7-15(20)8-4-14/h3-10,12H,11H2,1-2H3,(H,21,24)/t12-/m0/s1. The van der Waals surface area contributed by atoms with Gasteiger partial charge in [0.1, 0.15) is 18.1 Å². The van der Waals surface area contributed by atoms with E-state index in [-0.39, 0.29) is 11.3 Å². The van der Waals surface area contributed by atoms with E-state index >= 15 is 0 Å². The van der Waals surface area contributed by atoms with Crippen LogP contribution < -0.4 is 10.1 Å². The van der Waals surface area contributed by atoms with Crippen LogP contribution in [0, 0.1) is 5.82 Å². The number of hydrogen-bond acceptors (Lipinski definition) is 5. The summed E-state index contributed by atoms with van der Waals surface area (Å²) in [5.41, 5.74) is 0.586. The van der Waals surface area contributed by atoms with Gasteiger partial charge in [-0.3, -0.25) is 14.4 Å². The minimum atomic E-state index is -1.00. The number of hydrogen-bond donors (Lipinski definition) is 1. The first-order valence-electron chi connectivity index (χ1n) is 7.82. The highest BCUT2D eigenvalue weighted by molar-refractivity contribution is 6.00. The number of benzene rings is 2. The molecular weight excluding hydrogens is 341 g/mol. The third kappa shape index (κ3) is 5.14. The molecule has 0 aromatic heterocycles. The Morgan fingerprint density at radius 1 is 1.00 bits per heavy atom. The van der Waals surface area contributed by atoms with Crippen molar-refractivity contribution < 1.29 is 28.2 Å². The molecule has 0 unspecified atom stereocenters. The fourth-order valence-corrected chi connectivity index (χ4v) is 2.14. The normalized spacial score (nSPS) is 11.3. The van der Waals surface area contributed by atoms with Gasteiger partial charge in [-0.05, 0) is 55.5 Å². The molecule has 0 aliphatic heterocycles. The second-order valence-electron chi connectivity index (χ2n) is 5.41. The number of rotatable bonds is 7. The summed E-state index contributed by atoms with van der Waals surface area (Å²) < 4.78 is 22.9. The van der Waals surface area contributed by atoms with E-state index in [0.29, 0.717) is 11.3 Å². The van der Waals surface area contributed by atoms with Gasteiger partial charge in [-0.25, -0.2) is 4.39 Å². The van der Waals surface area contributed by atoms with Crippen LogP contribution in [-0.4, -0.2) is 37.4 Å². The van der Waals surface area contributed by atoms with Gasteiger partial charge in [-0.15, -0.1) is 0 Å². The summed E-state index contributed by atoms with van der Waals surface area (Å²) in [4.78, 5) is 35.9. The molecule has 0 fully saturated rings. The fourth-order valence-electron chi connectivity index (χ4n) is 2.14. The number of methoxy groups -OCH3 is 1. The first-order chi connectivity index (χ1) is 12.4. The molecule has 6 nitrogen and oxygen atoms in total. The number of ether oxygens (including phenoxy) is 2. The summed E-state index contributed by atoms with van der Waals surface area (Å²) >= 11 is 0. The molecule has 136 valence electrons. The molecule has 0 radical (unpaired) electrons. The Morgan fingerprint density at radius 2 is 1.58 bits per heavy atom. The Labute approximate surface area is 149 Å². The van der Waals surface area contributed by atoms with Crippen LogP contribution in [0.4, 0.5) is 4.39 Å². The summed E-state index contributed by atoms with van der Waals surface area (Å²) in [7, 11) is 1.52. The number of ketones is 1. The van der Waals surface area contributed by atoms with Crippen molar-refractivity contribution in [3.05, 3.63) is 65.5 Å². The second-order valence-corrected chi connectivity index (χ2v) is 5.41. The smallest absolute Gasteiger partial charge is 0.326 e. The zero-order chi connectivity index (χ0) is 19.1. The van der Waals surface area contributed by atoms with E-state index in [1.165, 1.54) is 26.2 Å². The molecule has 26 heavy (non-hydrogen) atoms. The van der Waals surface area contributed by atoms with Gasteiger partial charge in [0, 0.05) is 11.1 Å². The molecule has 0 aliphatic rings. The second kappa shape index (κ2) is 8.75. The number of carbonyl (C=O) groups excluding carboxylic acids is 3. The Bertz CT molecular complexity index is 787. The maximum absolute atomic E-state index is 12.8. The van der Waals surface area contributed by atoms with Gasteiger partial charge in [-0.2, -0.15) is 0 Å². The lowest BCUT2D eigenvalue weighted by molar-refractivity contribution is -0.145. The van der Waals surface area contributed by atoms with Crippen LogP contribution in [0.25, 0.3) is 0 Å². The Morgan fingerprint density at radius 3 is 2.15 bits per heavy atom. The maximum Gasteiger partial charge on any atom is 0.326 e. The molecule has 0 saturated carbocycles. The number of esters is 1. The fraction of sp³-hybridized carbons (Fsp3) is 0.211. The largest absolute Gasteiger partial charge is 0.497 e. The average Bonchev–Trinajstić information content (AvgIpc) is 2.66. The van der Waals surface area contributed by atoms with Crippen molar-refractivity contribution in [2.45, 2.75) is 13.0 Å². The Balaban J connectivity index is 1.85. The van der Waals surface area contributed by atoms with E-state index in [0.717, 1.165) is 12.1 Å². The average molecular weight is 359 g/mol. The highest BCUT2D eigenvalue weighted by Crippen LogP contribution is 2.13. The van der Waals surface area contributed by atoms with Gasteiger partial charge in [0.2, 0.25) is 5.78 Å². The van der Waals surface area contributed by atoms with Crippen molar-refractivity contribution in [2.75, 3.05) is 13.7 Å². The summed E-state index contributed by atoms with van der Waals surface area (Å²) in [6.07, 6.45) is -1.00. The molecule has 0 spiro atoms. The van der Waals surface area contributed by atoms with Crippen molar-refractivity contribution in [3.63, 3.8) is 0 Å². The minimum Gasteiger partial charge on any atom is -0.497 e. The molecular formula is C19H18FNO5. The summed E-state index contributed by atoms with van der Waals surface area (Å²) in [6.45, 7) is 1.04. The quantitative estimate of drug-likeness (QED) is 0.606. The highest BCUT2D eigenvalue weighted by Gasteiger charge is 2.20. The molecule has 1 atom stereocenters. The molecule has 2 aromatic rings. The van der Waals surface area contributed by atoms with Gasteiger partial charge in [0.15, 0.2) is 6.10 Å². The first-order valence-corrected chi connectivity index (χ1v) is 7.82. The van der Waals surface area contributed by atoms with E-state index in [1.54, 1.807) is 24.3 Å². The summed E-state index contributed by atoms with van der Waals surface area (Å²) in [5.74, 6) is -1.53. The topological polar surface area (TPSA) is 81.7 Å². The zero-order valence-electron chi connectivity index (χ0n) is 14.3. The van der Waals surface area contributed by atoms with Crippen LogP contribution in [0.5, 0.6) is 5.75 Å². The predicted molar refractivity (Wildman–Crippen MR) is 91.6 cm³/mol. The lowest BCUT2D eigenvalue weighted by Gasteiger charge is -2.13. The monoisotopic (exact) mass is 359 g/mol. The van der Waals surface area contributed by atoms with Gasteiger partial charge >= 0.3 is 5.97 Å². The summed E-state index contributed by atoms with van der Waals surface area (Å²) in [6, 6.07) is 11.3. The molecule has 1 amide bonds. The first kappa shape index (κ1) is 19.1. The zero-order valence-corrected chi connectivity index (χ0v) is 14.3. The van der Waals surface area contributed by atoms with Crippen molar-refractivity contribution in [3.8, 4) is 5.75 Å². The molecule has 0 saturated heterocycles. The number of nitrogens with one attached hydrogen (secondary N) is 1. The van der Waals surface area contributed by atoms with Crippen molar-refractivity contribution >= 4 is 17.7 Å². The lowest BCUT2D eigenvalue weighted by atomic mass is 10.1. The molecule has 1 N–H and O–H groups in total. The molecule has 7 heteroatoms. The van der Waals surface area contributed by atoms with Gasteiger partial charge in [0.25, 0.3) is 5.91 Å². The number of halogens is 1. The Hall–Kier alpha value is -3.22. The van der Waals surface area contributed by atoms with Crippen molar-refractivity contribution in [2.24, 2.45) is 0 Å². The SMILES string of the molecule is COc1ccc(C(=O)[C@H](C)OC(=O)CNC(=O)c2ccc(F)cc2)cc1. The third-order valence-electron chi connectivity index (χ3n) is 3.55. The summed E-state index contributed by atoms with van der Waals surface area (Å²) in [5, 5.41) is 2.35. The molecule has 2 rings (SSSR count). The van der Waals surface area contributed by atoms with Crippen molar-refractivity contribution in [1.29, 1.82) is 0 Å². The van der Waals surface area contributed by atoms with E-state index in [1.807, 2.05) is 0 Å². The lowest BCUT2D eigenvalue weighted by Crippen LogP contribution is -2.34. The predicted octanol–water partition coefficient (Wildman–Crippen LogP) is 2.38. The van der Waals surface area contributed by atoms with E-state index in [4.69, 9.17) is 9.47 Å². The Kier molecular flexibility index (Phi) is 6.43. The van der Waals surface area contributed by atoms with E-state index in [2.05, 4.69) is 5.32 Å². The number of Topliss-reactive ketones (excluding diaryl/α,β-unsaturated/α-hetero) is 1. The van der Waals surface area contributed by atoms with Crippen LogP contribution in [0.1, 0.15) is 27.6 Å². The van der Waals surface area contributed by atoms with Crippen LogP contribution in [0.2, 0.25) is 0 Å². The van der Waals surface area contributed by atoms with Gasteiger partial charge in [-0.1, -0.05) is 0 Å². The van der Waals surface area contributed by atoms with Crippen LogP contribution >= 0.6 is 0 Å². The minimum absolute atomic E-state index is 0.210. The molecule has 0 aliphatic carbocycles. The van der Waals surface area contributed by atoms with Crippen LogP contribution in [0.3, 0.4) is 0 Å². The third-order valence-corrected chi connectivity index (χ3v) is 3.55. The van der Waals surface area contributed by atoms with E-state index < -0.39 is 30.3 Å². The maximum atomic E-state index is 12.8. The van der Waals surface area contributed by atoms with E-state index in [9.17, 15) is 18.8 Å². The molecule has 0 bridgehead atoms. The van der Waals surface area contributed by atoms with Crippen LogP contribution in [-0.2, 0) is 9.53 Å². The number of amides is 1. The van der Waals surface area contributed by atoms with Gasteiger partial charge < -0.3 is 14.8 Å². The van der Waals surface area contributed by atoms with Gasteiger partial charge in [0.05, 0.1) is 7.11 Å². The van der Waals surface area contributed by atoms with Crippen molar-refractivity contribution in [1.82, 2.24) is 5.32 Å². The van der Waals surface area contributed by atoms with Crippen LogP contribution in [0.15, 0.2) is 48.5 Å². The molecule has 2 aromatic carbocycles. The number of carbonyl (C=O) groups is 3. The molecule has 0 heterocycles. The highest BCUT2D eigenvalue weighted by atomic mass is 19.1.